The van der Waals surface area contributed by atoms with Crippen LogP contribution >= 0.6 is 0 Å². The van der Waals surface area contributed by atoms with E-state index >= 15 is 0 Å². The Bertz CT molecular complexity index is 699. The number of fused-ring (bicyclic) bond motifs is 1. The zero-order valence-electron chi connectivity index (χ0n) is 14.7. The van der Waals surface area contributed by atoms with Gasteiger partial charge in [0.05, 0.1) is 17.6 Å². The van der Waals surface area contributed by atoms with Crippen molar-refractivity contribution < 1.29 is 9.59 Å². The first-order chi connectivity index (χ1) is 12.0. The minimum atomic E-state index is -0.427. The third kappa shape index (κ3) is 3.24. The number of hydrogen-bond donors (Lipinski definition) is 1. The molecule has 0 unspecified atom stereocenters. The van der Waals surface area contributed by atoms with E-state index in [-0.39, 0.29) is 30.2 Å². The summed E-state index contributed by atoms with van der Waals surface area (Å²) in [5.74, 6) is -0.144. The lowest BCUT2D eigenvalue weighted by Crippen LogP contribution is -2.60. The molecule has 132 valence electrons. The van der Waals surface area contributed by atoms with Gasteiger partial charge in [0.15, 0.2) is 0 Å². The number of nitrogens with zero attached hydrogens (tertiary/aromatic N) is 3. The smallest absolute Gasteiger partial charge is 0.237 e. The second-order valence-electron chi connectivity index (χ2n) is 7.17. The Hall–Kier alpha value is -2.39. The first-order valence-corrected chi connectivity index (χ1v) is 8.65. The van der Waals surface area contributed by atoms with Gasteiger partial charge < -0.3 is 15.1 Å². The summed E-state index contributed by atoms with van der Waals surface area (Å²) in [7, 11) is 2.07. The molecular weight excluding hydrogens is 316 g/mol. The van der Waals surface area contributed by atoms with Crippen LogP contribution in [0.5, 0.6) is 0 Å². The van der Waals surface area contributed by atoms with E-state index in [9.17, 15) is 9.59 Å². The molecule has 3 atom stereocenters. The predicted molar refractivity (Wildman–Crippen MR) is 93.3 cm³/mol. The highest BCUT2D eigenvalue weighted by atomic mass is 16.2. The first-order valence-electron chi connectivity index (χ1n) is 8.65. The van der Waals surface area contributed by atoms with Crippen molar-refractivity contribution in [2.24, 2.45) is 5.92 Å². The van der Waals surface area contributed by atoms with Gasteiger partial charge in [-0.05, 0) is 19.0 Å². The van der Waals surface area contributed by atoms with Gasteiger partial charge in [-0.25, -0.2) is 0 Å². The number of carbonyl (C=O) groups excluding carboxylic acids is 2. The van der Waals surface area contributed by atoms with Gasteiger partial charge in [0.1, 0.15) is 6.42 Å². The van der Waals surface area contributed by atoms with Crippen LogP contribution in [0.1, 0.15) is 31.4 Å². The van der Waals surface area contributed by atoms with Gasteiger partial charge in [-0.1, -0.05) is 30.3 Å². The molecule has 2 aliphatic rings. The van der Waals surface area contributed by atoms with Crippen molar-refractivity contribution in [3.05, 3.63) is 35.9 Å². The molecule has 25 heavy (non-hydrogen) atoms. The van der Waals surface area contributed by atoms with Crippen molar-refractivity contribution in [1.82, 2.24) is 15.1 Å². The summed E-state index contributed by atoms with van der Waals surface area (Å²) in [4.78, 5) is 28.6. The fourth-order valence-electron chi connectivity index (χ4n) is 4.42. The summed E-state index contributed by atoms with van der Waals surface area (Å²) in [5.41, 5.74) is 0.630. The fraction of sp³-hybridized carbons (Fsp3) is 0.526. The highest BCUT2D eigenvalue weighted by Gasteiger charge is 2.56. The number of nitriles is 1. The molecule has 0 spiro atoms. The van der Waals surface area contributed by atoms with Crippen LogP contribution in [0.25, 0.3) is 0 Å². The molecule has 1 N–H and O–H groups in total. The Morgan fingerprint density at radius 2 is 2.08 bits per heavy atom. The highest BCUT2D eigenvalue weighted by molar-refractivity contribution is 5.80. The molecule has 0 aliphatic carbocycles. The Balaban J connectivity index is 2.05. The van der Waals surface area contributed by atoms with Crippen LogP contribution in [0.3, 0.4) is 0 Å². The Morgan fingerprint density at radius 1 is 1.36 bits per heavy atom. The second-order valence-corrected chi connectivity index (χ2v) is 7.17. The molecule has 1 aromatic carbocycles. The van der Waals surface area contributed by atoms with Gasteiger partial charge in [0.25, 0.3) is 0 Å². The van der Waals surface area contributed by atoms with Crippen molar-refractivity contribution in [2.45, 2.75) is 31.3 Å². The summed E-state index contributed by atoms with van der Waals surface area (Å²) < 4.78 is 0. The predicted octanol–water partition coefficient (Wildman–Crippen LogP) is 1.31. The minimum absolute atomic E-state index is 0.0732. The highest BCUT2D eigenvalue weighted by Crippen LogP contribution is 2.47. The fourth-order valence-corrected chi connectivity index (χ4v) is 4.42. The third-order valence-electron chi connectivity index (χ3n) is 5.44. The molecule has 2 saturated heterocycles. The largest absolute Gasteiger partial charge is 0.349 e. The van der Waals surface area contributed by atoms with Crippen LogP contribution in [0.2, 0.25) is 0 Å². The summed E-state index contributed by atoms with van der Waals surface area (Å²) in [6, 6.07) is 11.8. The topological polar surface area (TPSA) is 76.4 Å². The minimum Gasteiger partial charge on any atom is -0.349 e. The quantitative estimate of drug-likeness (QED) is 0.900. The first kappa shape index (κ1) is 17.4. The van der Waals surface area contributed by atoms with Crippen molar-refractivity contribution in [1.29, 1.82) is 5.26 Å². The average Bonchev–Trinajstić information content (AvgIpc) is 2.90. The molecule has 0 radical (unpaired) electrons. The van der Waals surface area contributed by atoms with Gasteiger partial charge in [0.2, 0.25) is 11.8 Å². The molecular formula is C19H24N4O2. The monoisotopic (exact) mass is 340 g/mol. The number of amides is 2. The molecule has 1 aromatic rings. The zero-order chi connectivity index (χ0) is 18.0. The molecule has 2 aliphatic heterocycles. The summed E-state index contributed by atoms with van der Waals surface area (Å²) >= 11 is 0. The molecule has 0 aromatic heterocycles. The third-order valence-corrected chi connectivity index (χ3v) is 5.44. The maximum atomic E-state index is 12.7. The molecule has 0 bridgehead atoms. The van der Waals surface area contributed by atoms with Crippen LogP contribution in [0, 0.1) is 17.2 Å². The van der Waals surface area contributed by atoms with Crippen molar-refractivity contribution in [3.63, 3.8) is 0 Å². The van der Waals surface area contributed by atoms with E-state index in [1.807, 2.05) is 36.4 Å². The van der Waals surface area contributed by atoms with E-state index in [0.29, 0.717) is 6.54 Å². The van der Waals surface area contributed by atoms with Crippen molar-refractivity contribution >= 4 is 11.8 Å². The van der Waals surface area contributed by atoms with Crippen LogP contribution in [-0.4, -0.2) is 53.8 Å². The Kier molecular flexibility index (Phi) is 4.78. The van der Waals surface area contributed by atoms with Crippen LogP contribution in [0.4, 0.5) is 0 Å². The summed E-state index contributed by atoms with van der Waals surface area (Å²) in [5, 5.41) is 12.2. The summed E-state index contributed by atoms with van der Waals surface area (Å²) in [6.45, 7) is 3.67. The SMILES string of the molecule is CC(=O)N[C@@]12CCN(C)C[C@@H]1[C@@H](c1ccccc1)N(C(=O)CC#N)C2. The molecule has 6 nitrogen and oxygen atoms in total. The average molecular weight is 340 g/mol. The number of benzene rings is 1. The normalized spacial score (nSPS) is 28.9. The van der Waals surface area contributed by atoms with Crippen LogP contribution in [-0.2, 0) is 9.59 Å². The Morgan fingerprint density at radius 3 is 2.72 bits per heavy atom. The van der Waals surface area contributed by atoms with E-state index in [2.05, 4.69) is 17.3 Å². The van der Waals surface area contributed by atoms with Gasteiger partial charge in [0, 0.05) is 32.5 Å². The van der Waals surface area contributed by atoms with E-state index in [1.54, 1.807) is 4.90 Å². The lowest BCUT2D eigenvalue weighted by molar-refractivity contribution is -0.131. The summed E-state index contributed by atoms with van der Waals surface area (Å²) in [6.07, 6.45) is 0.662. The van der Waals surface area contributed by atoms with E-state index in [4.69, 9.17) is 5.26 Å². The van der Waals surface area contributed by atoms with Crippen LogP contribution < -0.4 is 5.32 Å². The number of piperidine rings is 1. The van der Waals surface area contributed by atoms with Gasteiger partial charge in [-0.15, -0.1) is 0 Å². The lowest BCUT2D eigenvalue weighted by atomic mass is 9.76. The molecule has 6 heteroatoms. The standard InChI is InChI=1S/C19H24N4O2/c1-14(24)21-19-9-11-22(2)12-16(19)18(15-6-4-3-5-7-15)23(13-19)17(25)8-10-20/h3-7,16,18H,8-9,11-13H2,1-2H3,(H,21,24)/t16-,18-,19-/m1/s1. The molecule has 0 saturated carbocycles. The van der Waals surface area contributed by atoms with Crippen molar-refractivity contribution in [2.75, 3.05) is 26.7 Å². The number of rotatable bonds is 3. The molecule has 3 rings (SSSR count). The van der Waals surface area contributed by atoms with Gasteiger partial charge in [-0.3, -0.25) is 9.59 Å². The number of hydrogen-bond acceptors (Lipinski definition) is 4. The zero-order valence-corrected chi connectivity index (χ0v) is 14.7. The molecule has 2 amide bonds. The van der Waals surface area contributed by atoms with E-state index < -0.39 is 5.54 Å². The molecule has 2 heterocycles. The number of likely N-dealkylation sites (tertiary alicyclic amines) is 2. The van der Waals surface area contributed by atoms with Crippen LogP contribution in [0.15, 0.2) is 30.3 Å². The van der Waals surface area contributed by atoms with E-state index in [0.717, 1.165) is 25.1 Å². The van der Waals surface area contributed by atoms with Crippen molar-refractivity contribution in [3.8, 4) is 6.07 Å². The maximum Gasteiger partial charge on any atom is 0.237 e. The molecule has 2 fully saturated rings. The Labute approximate surface area is 148 Å². The van der Waals surface area contributed by atoms with E-state index in [1.165, 1.54) is 6.92 Å². The second kappa shape index (κ2) is 6.85. The van der Waals surface area contributed by atoms with Gasteiger partial charge in [-0.2, -0.15) is 5.26 Å². The number of nitrogens with one attached hydrogen (secondary N) is 1. The number of carbonyl (C=O) groups is 2. The van der Waals surface area contributed by atoms with Gasteiger partial charge >= 0.3 is 0 Å². The maximum absolute atomic E-state index is 12.7. The lowest BCUT2D eigenvalue weighted by Gasteiger charge is -2.43.